The molecule has 10 heteroatoms. The number of benzene rings is 2. The molecule has 2 unspecified atom stereocenters. The summed E-state index contributed by atoms with van der Waals surface area (Å²) in [6, 6.07) is 8.50. The van der Waals surface area contributed by atoms with Gasteiger partial charge in [-0.2, -0.15) is 0 Å². The highest BCUT2D eigenvalue weighted by Crippen LogP contribution is 2.61. The predicted molar refractivity (Wildman–Crippen MR) is 227 cm³/mol. The Hall–Kier alpha value is -1.26. The van der Waals surface area contributed by atoms with Gasteiger partial charge in [0, 0.05) is 24.3 Å². The molecule has 4 saturated carbocycles. The molecule has 0 N–H and O–H groups in total. The SMILES string of the molecule is CCOC(C=O)Oc1c(Cl)ccc(P(C2CCCCC2)C2CCCCC2)c1-c1c(P(C2CCCCC2)C2CCCCC2)ccc(Cl)c1OC(C=O)OCC. The second kappa shape index (κ2) is 21.5. The van der Waals surface area contributed by atoms with Crippen molar-refractivity contribution in [1.29, 1.82) is 0 Å². The number of carbonyl (C=O) groups is 2. The van der Waals surface area contributed by atoms with Crippen molar-refractivity contribution in [3.63, 3.8) is 0 Å². The number of hydrogen-bond acceptors (Lipinski definition) is 6. The third kappa shape index (κ3) is 10.2. The lowest BCUT2D eigenvalue weighted by Crippen LogP contribution is -2.31. The zero-order chi connectivity index (χ0) is 37.9. The Balaban J connectivity index is 1.69. The minimum atomic E-state index is -1.13. The summed E-state index contributed by atoms with van der Waals surface area (Å²) in [5.74, 6) is 0.905. The minimum Gasteiger partial charge on any atom is -0.455 e. The maximum absolute atomic E-state index is 12.6. The van der Waals surface area contributed by atoms with E-state index in [0.717, 1.165) is 11.1 Å². The third-order valence-corrected chi connectivity index (χ3v) is 19.9. The van der Waals surface area contributed by atoms with Gasteiger partial charge in [0.15, 0.2) is 24.1 Å². The topological polar surface area (TPSA) is 71.1 Å². The van der Waals surface area contributed by atoms with Crippen LogP contribution in [0.4, 0.5) is 0 Å². The first kappa shape index (κ1) is 42.3. The molecule has 2 aromatic rings. The standard InChI is InChI=1S/C44H62Cl2O6P2/c1-3-49-39(29-47)51-43-35(45)25-27-37(53(31-17-9-5-10-18-31)32-19-11-6-12-20-32)41(43)42-38(28-26-36(46)44(42)52-40(30-48)50-4-2)54(33-21-13-7-14-22-33)34-23-15-8-16-24-34/h25-34,39-40H,3-24H2,1-2H3. The Labute approximate surface area is 337 Å². The Morgan fingerprint density at radius 1 is 0.537 bits per heavy atom. The van der Waals surface area contributed by atoms with Gasteiger partial charge in [-0.15, -0.1) is 0 Å². The molecule has 4 fully saturated rings. The highest BCUT2D eigenvalue weighted by Gasteiger charge is 2.40. The Morgan fingerprint density at radius 3 is 1.09 bits per heavy atom. The molecule has 0 heterocycles. The first-order valence-electron chi connectivity index (χ1n) is 21.2. The first-order valence-corrected chi connectivity index (χ1v) is 24.9. The predicted octanol–water partition coefficient (Wildman–Crippen LogP) is 12.1. The van der Waals surface area contributed by atoms with Crippen LogP contribution in [0.2, 0.25) is 10.0 Å². The highest BCUT2D eigenvalue weighted by molar-refractivity contribution is 7.68. The zero-order valence-corrected chi connectivity index (χ0v) is 35.9. The molecular formula is C44H62Cl2O6P2. The fourth-order valence-electron chi connectivity index (χ4n) is 9.82. The summed E-state index contributed by atoms with van der Waals surface area (Å²) < 4.78 is 25.1. The molecule has 0 spiro atoms. The Kier molecular flexibility index (Phi) is 16.8. The molecule has 0 saturated heterocycles. The van der Waals surface area contributed by atoms with Crippen molar-refractivity contribution in [1.82, 2.24) is 0 Å². The van der Waals surface area contributed by atoms with E-state index in [1.807, 2.05) is 26.0 Å². The number of carbonyl (C=O) groups excluding carboxylic acids is 2. The van der Waals surface area contributed by atoms with Crippen molar-refractivity contribution >= 4 is 62.2 Å². The molecule has 0 aromatic heterocycles. The second-order valence-corrected chi connectivity index (χ2v) is 22.0. The summed E-state index contributed by atoms with van der Waals surface area (Å²) in [5.41, 5.74) is 4.10. The van der Waals surface area contributed by atoms with Crippen molar-refractivity contribution in [3.05, 3.63) is 34.3 Å². The molecule has 54 heavy (non-hydrogen) atoms. The van der Waals surface area contributed by atoms with Crippen molar-refractivity contribution in [2.24, 2.45) is 0 Å². The number of aldehydes is 2. The molecule has 6 rings (SSSR count). The molecule has 0 radical (unpaired) electrons. The fourth-order valence-corrected chi connectivity index (χ4v) is 18.1. The third-order valence-electron chi connectivity index (χ3n) is 12.2. The van der Waals surface area contributed by atoms with Gasteiger partial charge >= 0.3 is 0 Å². The maximum Gasteiger partial charge on any atom is 0.257 e. The summed E-state index contributed by atoms with van der Waals surface area (Å²) in [7, 11) is -1.35. The van der Waals surface area contributed by atoms with Crippen LogP contribution in [0.15, 0.2) is 24.3 Å². The average Bonchev–Trinajstić information content (AvgIpc) is 3.21. The van der Waals surface area contributed by atoms with Gasteiger partial charge in [0.2, 0.25) is 0 Å². The van der Waals surface area contributed by atoms with Crippen LogP contribution < -0.4 is 20.1 Å². The molecule has 2 atom stereocenters. The van der Waals surface area contributed by atoms with Gasteiger partial charge in [-0.05, 0) is 111 Å². The summed E-state index contributed by atoms with van der Waals surface area (Å²) in [5, 5.41) is 3.38. The van der Waals surface area contributed by atoms with Crippen LogP contribution in [0, 0.1) is 0 Å². The summed E-state index contributed by atoms with van der Waals surface area (Å²) in [6.07, 6.45) is 24.1. The van der Waals surface area contributed by atoms with Gasteiger partial charge in [-0.1, -0.05) is 128 Å². The molecular weight excluding hydrogens is 757 g/mol. The zero-order valence-electron chi connectivity index (χ0n) is 32.6. The highest BCUT2D eigenvalue weighted by atomic mass is 35.5. The van der Waals surface area contributed by atoms with Gasteiger partial charge < -0.3 is 18.9 Å². The lowest BCUT2D eigenvalue weighted by Gasteiger charge is -2.42. The minimum absolute atomic E-state index is 0.313. The van der Waals surface area contributed by atoms with Gasteiger partial charge in [0.05, 0.1) is 10.0 Å². The largest absolute Gasteiger partial charge is 0.455 e. The van der Waals surface area contributed by atoms with Crippen LogP contribution in [0.3, 0.4) is 0 Å². The maximum atomic E-state index is 12.6. The van der Waals surface area contributed by atoms with E-state index in [0.29, 0.717) is 70.0 Å². The van der Waals surface area contributed by atoms with Crippen LogP contribution >= 0.6 is 39.0 Å². The van der Waals surface area contributed by atoms with Crippen molar-refractivity contribution < 1.29 is 28.5 Å². The number of hydrogen-bond donors (Lipinski definition) is 0. The monoisotopic (exact) mass is 818 g/mol. The smallest absolute Gasteiger partial charge is 0.257 e. The van der Waals surface area contributed by atoms with Crippen molar-refractivity contribution in [2.75, 3.05) is 13.2 Å². The van der Waals surface area contributed by atoms with E-state index < -0.39 is 28.4 Å². The molecule has 0 bridgehead atoms. The summed E-state index contributed by atoms with van der Waals surface area (Å²) >= 11 is 14.6. The van der Waals surface area contributed by atoms with E-state index >= 15 is 0 Å². The fraction of sp³-hybridized carbons (Fsp3) is 0.682. The molecule has 4 aliphatic carbocycles. The van der Waals surface area contributed by atoms with E-state index in [4.69, 9.17) is 42.1 Å². The van der Waals surface area contributed by atoms with Crippen molar-refractivity contribution in [2.45, 2.75) is 177 Å². The molecule has 2 aromatic carbocycles. The number of rotatable bonds is 17. The summed E-state index contributed by atoms with van der Waals surface area (Å²) in [6.45, 7) is 4.35. The second-order valence-electron chi connectivity index (χ2n) is 15.7. The average molecular weight is 820 g/mol. The normalized spacial score (nSPS) is 20.9. The lowest BCUT2D eigenvalue weighted by atomic mass is 9.99. The van der Waals surface area contributed by atoms with Crippen LogP contribution in [-0.2, 0) is 19.1 Å². The molecule has 298 valence electrons. The Morgan fingerprint density at radius 2 is 0.833 bits per heavy atom. The Bertz CT molecular complexity index is 1350. The van der Waals surface area contributed by atoms with Gasteiger partial charge in [0.25, 0.3) is 12.6 Å². The summed E-state index contributed by atoms with van der Waals surface area (Å²) in [4.78, 5) is 25.1. The quantitative estimate of drug-likeness (QED) is 0.0899. The lowest BCUT2D eigenvalue weighted by molar-refractivity contribution is -0.136. The molecule has 6 nitrogen and oxygen atoms in total. The van der Waals surface area contributed by atoms with Crippen LogP contribution in [-0.4, -0.2) is 61.0 Å². The van der Waals surface area contributed by atoms with E-state index in [1.54, 1.807) is 0 Å². The van der Waals surface area contributed by atoms with Crippen LogP contribution in [0.25, 0.3) is 11.1 Å². The molecule has 0 amide bonds. The van der Waals surface area contributed by atoms with Gasteiger partial charge in [-0.3, -0.25) is 9.59 Å². The number of halogens is 2. The molecule has 4 aliphatic rings. The van der Waals surface area contributed by atoms with Gasteiger partial charge in [-0.25, -0.2) is 0 Å². The van der Waals surface area contributed by atoms with E-state index in [2.05, 4.69) is 12.1 Å². The van der Waals surface area contributed by atoms with E-state index in [1.165, 1.54) is 139 Å². The van der Waals surface area contributed by atoms with Crippen LogP contribution in [0.1, 0.15) is 142 Å². The van der Waals surface area contributed by atoms with E-state index in [-0.39, 0.29) is 0 Å². The molecule has 0 aliphatic heterocycles. The number of ether oxygens (including phenoxy) is 4. The first-order chi connectivity index (χ1) is 26.5. The van der Waals surface area contributed by atoms with Crippen LogP contribution in [0.5, 0.6) is 11.5 Å². The van der Waals surface area contributed by atoms with Gasteiger partial charge in [0.1, 0.15) is 0 Å². The van der Waals surface area contributed by atoms with E-state index in [9.17, 15) is 9.59 Å². The van der Waals surface area contributed by atoms with Crippen molar-refractivity contribution in [3.8, 4) is 22.6 Å².